The predicted molar refractivity (Wildman–Crippen MR) is 84.5 cm³/mol. The molecule has 0 spiro atoms. The van der Waals surface area contributed by atoms with Gasteiger partial charge in [-0.1, -0.05) is 35.3 Å². The zero-order valence-electron chi connectivity index (χ0n) is 10.9. The maximum Gasteiger partial charge on any atom is 0.128 e. The van der Waals surface area contributed by atoms with Gasteiger partial charge in [0.2, 0.25) is 0 Å². The van der Waals surface area contributed by atoms with Crippen LogP contribution in [0.25, 0.3) is 11.0 Å². The first-order valence-corrected chi connectivity index (χ1v) is 7.00. The van der Waals surface area contributed by atoms with Crippen molar-refractivity contribution in [3.05, 3.63) is 58.3 Å². The van der Waals surface area contributed by atoms with Crippen molar-refractivity contribution in [1.82, 2.24) is 9.55 Å². The number of imidazole rings is 1. The first kappa shape index (κ1) is 13.3. The van der Waals surface area contributed by atoms with Crippen LogP contribution in [-0.2, 0) is 13.6 Å². The third kappa shape index (κ3) is 2.47. The Kier molecular flexibility index (Phi) is 3.55. The molecule has 0 unspecified atom stereocenters. The summed E-state index contributed by atoms with van der Waals surface area (Å²) in [5, 5.41) is 4.40. The highest BCUT2D eigenvalue weighted by Gasteiger charge is 2.07. The first-order valence-electron chi connectivity index (χ1n) is 6.24. The molecule has 2 aromatic carbocycles. The molecule has 0 bridgehead atoms. The van der Waals surface area contributed by atoms with Crippen molar-refractivity contribution in [2.45, 2.75) is 6.54 Å². The number of halogens is 2. The summed E-state index contributed by atoms with van der Waals surface area (Å²) in [4.78, 5) is 4.61. The Hall–Kier alpha value is -1.71. The zero-order chi connectivity index (χ0) is 14.1. The van der Waals surface area contributed by atoms with Crippen LogP contribution in [0.1, 0.15) is 5.82 Å². The van der Waals surface area contributed by atoms with E-state index in [1.807, 2.05) is 37.4 Å². The van der Waals surface area contributed by atoms with Gasteiger partial charge in [-0.3, -0.25) is 0 Å². The normalized spacial score (nSPS) is 10.9. The molecule has 0 radical (unpaired) electrons. The Labute approximate surface area is 127 Å². The molecular weight excluding hydrogens is 293 g/mol. The van der Waals surface area contributed by atoms with Crippen LogP contribution >= 0.6 is 23.2 Å². The fourth-order valence-electron chi connectivity index (χ4n) is 2.14. The van der Waals surface area contributed by atoms with E-state index >= 15 is 0 Å². The van der Waals surface area contributed by atoms with Crippen LogP contribution in [0.4, 0.5) is 5.69 Å². The lowest BCUT2D eigenvalue weighted by atomic mass is 10.3. The third-order valence-electron chi connectivity index (χ3n) is 3.25. The summed E-state index contributed by atoms with van der Waals surface area (Å²) in [5.74, 6) is 0.970. The van der Waals surface area contributed by atoms with E-state index in [9.17, 15) is 0 Å². The minimum absolute atomic E-state index is 0.543. The van der Waals surface area contributed by atoms with E-state index in [0.29, 0.717) is 16.6 Å². The molecule has 102 valence electrons. The lowest BCUT2D eigenvalue weighted by molar-refractivity contribution is 0.834. The van der Waals surface area contributed by atoms with Crippen LogP contribution in [-0.4, -0.2) is 9.55 Å². The smallest absolute Gasteiger partial charge is 0.128 e. The number of aromatic nitrogens is 2. The Morgan fingerprint density at radius 3 is 2.65 bits per heavy atom. The van der Waals surface area contributed by atoms with Gasteiger partial charge < -0.3 is 9.88 Å². The highest BCUT2D eigenvalue weighted by Crippen LogP contribution is 2.25. The number of hydrogen-bond acceptors (Lipinski definition) is 2. The predicted octanol–water partition coefficient (Wildman–Crippen LogP) is 4.49. The number of nitrogens with one attached hydrogen (secondary N) is 1. The van der Waals surface area contributed by atoms with Gasteiger partial charge >= 0.3 is 0 Å². The number of rotatable bonds is 3. The van der Waals surface area contributed by atoms with Crippen molar-refractivity contribution in [1.29, 1.82) is 0 Å². The van der Waals surface area contributed by atoms with Crippen LogP contribution in [0, 0.1) is 0 Å². The molecule has 0 atom stereocenters. The number of benzene rings is 2. The second-order valence-electron chi connectivity index (χ2n) is 4.56. The number of fused-ring (bicyclic) bond motifs is 1. The van der Waals surface area contributed by atoms with E-state index in [2.05, 4.69) is 20.9 Å². The Balaban J connectivity index is 1.83. The Bertz CT molecular complexity index is 765. The molecule has 0 aliphatic rings. The molecule has 1 heterocycles. The SMILES string of the molecule is Cn1c(CNc2ccc(Cl)c(Cl)c2)nc2ccccc21. The summed E-state index contributed by atoms with van der Waals surface area (Å²) in [7, 11) is 2.02. The van der Waals surface area contributed by atoms with Crippen LogP contribution in [0.3, 0.4) is 0 Å². The number of para-hydroxylation sites is 2. The van der Waals surface area contributed by atoms with E-state index in [1.165, 1.54) is 0 Å². The van der Waals surface area contributed by atoms with Crippen molar-refractivity contribution in [2.24, 2.45) is 7.05 Å². The maximum absolute atomic E-state index is 6.00. The largest absolute Gasteiger partial charge is 0.378 e. The second-order valence-corrected chi connectivity index (χ2v) is 5.37. The van der Waals surface area contributed by atoms with E-state index in [1.54, 1.807) is 6.07 Å². The number of aryl methyl sites for hydroxylation is 1. The third-order valence-corrected chi connectivity index (χ3v) is 3.99. The first-order chi connectivity index (χ1) is 9.65. The molecule has 1 aromatic heterocycles. The van der Waals surface area contributed by atoms with Gasteiger partial charge in [-0.05, 0) is 30.3 Å². The molecule has 0 aliphatic heterocycles. The summed E-state index contributed by atoms with van der Waals surface area (Å²) >= 11 is 11.9. The van der Waals surface area contributed by atoms with Crippen LogP contribution in [0.15, 0.2) is 42.5 Å². The minimum atomic E-state index is 0.543. The van der Waals surface area contributed by atoms with Gasteiger partial charge in [0.05, 0.1) is 27.6 Å². The molecule has 3 nitrogen and oxygen atoms in total. The van der Waals surface area contributed by atoms with Gasteiger partial charge in [0.25, 0.3) is 0 Å². The lowest BCUT2D eigenvalue weighted by Crippen LogP contribution is -2.05. The topological polar surface area (TPSA) is 29.9 Å². The summed E-state index contributed by atoms with van der Waals surface area (Å²) < 4.78 is 2.08. The maximum atomic E-state index is 6.00. The monoisotopic (exact) mass is 305 g/mol. The summed E-state index contributed by atoms with van der Waals surface area (Å²) in [5.41, 5.74) is 3.05. The highest BCUT2D eigenvalue weighted by molar-refractivity contribution is 6.42. The van der Waals surface area contributed by atoms with Crippen molar-refractivity contribution in [2.75, 3.05) is 5.32 Å². The van der Waals surface area contributed by atoms with Crippen LogP contribution < -0.4 is 5.32 Å². The van der Waals surface area contributed by atoms with Gasteiger partial charge in [0.15, 0.2) is 0 Å². The quantitative estimate of drug-likeness (QED) is 0.772. The summed E-state index contributed by atoms with van der Waals surface area (Å²) in [6.45, 7) is 0.628. The average Bonchev–Trinajstić information content (AvgIpc) is 2.77. The number of anilines is 1. The lowest BCUT2D eigenvalue weighted by Gasteiger charge is -2.07. The van der Waals surface area contributed by atoms with Crippen molar-refractivity contribution < 1.29 is 0 Å². The van der Waals surface area contributed by atoms with Gasteiger partial charge in [-0.15, -0.1) is 0 Å². The van der Waals surface area contributed by atoms with Crippen molar-refractivity contribution in [3.8, 4) is 0 Å². The standard InChI is InChI=1S/C15H13Cl2N3/c1-20-14-5-3-2-4-13(14)19-15(20)9-18-10-6-7-11(16)12(17)8-10/h2-8,18H,9H2,1H3. The van der Waals surface area contributed by atoms with E-state index in [4.69, 9.17) is 23.2 Å². The second kappa shape index (κ2) is 5.35. The van der Waals surface area contributed by atoms with Crippen molar-refractivity contribution in [3.63, 3.8) is 0 Å². The van der Waals surface area contributed by atoms with Gasteiger partial charge in [0.1, 0.15) is 5.82 Å². The van der Waals surface area contributed by atoms with Crippen molar-refractivity contribution >= 4 is 39.9 Å². The molecule has 0 saturated heterocycles. The molecular formula is C15H13Cl2N3. The van der Waals surface area contributed by atoms with E-state index in [-0.39, 0.29) is 0 Å². The summed E-state index contributed by atoms with van der Waals surface area (Å²) in [6.07, 6.45) is 0. The molecule has 0 aliphatic carbocycles. The zero-order valence-corrected chi connectivity index (χ0v) is 12.4. The molecule has 0 fully saturated rings. The number of nitrogens with zero attached hydrogens (tertiary/aromatic N) is 2. The number of hydrogen-bond donors (Lipinski definition) is 1. The molecule has 3 aromatic rings. The van der Waals surface area contributed by atoms with Gasteiger partial charge in [-0.25, -0.2) is 4.98 Å². The van der Waals surface area contributed by atoms with Crippen LogP contribution in [0.5, 0.6) is 0 Å². The minimum Gasteiger partial charge on any atom is -0.378 e. The highest BCUT2D eigenvalue weighted by atomic mass is 35.5. The van der Waals surface area contributed by atoms with E-state index < -0.39 is 0 Å². The average molecular weight is 306 g/mol. The molecule has 0 amide bonds. The molecule has 1 N–H and O–H groups in total. The summed E-state index contributed by atoms with van der Waals surface area (Å²) in [6, 6.07) is 13.6. The van der Waals surface area contributed by atoms with Crippen LogP contribution in [0.2, 0.25) is 10.0 Å². The Morgan fingerprint density at radius 2 is 1.90 bits per heavy atom. The van der Waals surface area contributed by atoms with Gasteiger partial charge in [-0.2, -0.15) is 0 Å². The van der Waals surface area contributed by atoms with Gasteiger partial charge in [0, 0.05) is 12.7 Å². The fourth-order valence-corrected chi connectivity index (χ4v) is 2.44. The molecule has 0 saturated carbocycles. The molecule has 3 rings (SSSR count). The molecule has 5 heteroatoms. The Morgan fingerprint density at radius 1 is 1.10 bits per heavy atom. The van der Waals surface area contributed by atoms with E-state index in [0.717, 1.165) is 22.5 Å². The fraction of sp³-hybridized carbons (Fsp3) is 0.133. The molecule has 20 heavy (non-hydrogen) atoms.